The van der Waals surface area contributed by atoms with Gasteiger partial charge >= 0.3 is 31.1 Å². The van der Waals surface area contributed by atoms with Crippen LogP contribution in [0.2, 0.25) is 11.6 Å². The summed E-state index contributed by atoms with van der Waals surface area (Å²) in [7, 11) is 0. The topological polar surface area (TPSA) is 9.23 Å². The lowest BCUT2D eigenvalue weighted by molar-refractivity contribution is 0.647. The first-order chi connectivity index (χ1) is 2.27. The molecule has 0 bridgehead atoms. The highest BCUT2D eigenvalue weighted by Gasteiger charge is 1.93. The van der Waals surface area contributed by atoms with Gasteiger partial charge in [0.2, 0.25) is 0 Å². The Morgan fingerprint density at radius 2 is 1.11 bits per heavy atom. The number of hydrogen-bond acceptors (Lipinski definition) is 1. The lowest BCUT2D eigenvalue weighted by Gasteiger charge is -1.90. The molecule has 0 heterocycles. The second-order valence-corrected chi connectivity index (χ2v) is 5.27. The third-order valence-corrected chi connectivity index (χ3v) is 4.24. The molecule has 60 valence electrons. The van der Waals surface area contributed by atoms with Gasteiger partial charge in [0.25, 0.3) is 0 Å². The van der Waals surface area contributed by atoms with Crippen molar-refractivity contribution in [3.8, 4) is 0 Å². The van der Waals surface area contributed by atoms with E-state index in [9.17, 15) is 0 Å². The van der Waals surface area contributed by atoms with Gasteiger partial charge in [-0.1, -0.05) is 41.3 Å². The van der Waals surface area contributed by atoms with E-state index in [2.05, 4.69) is 11.6 Å². The van der Waals surface area contributed by atoms with Crippen molar-refractivity contribution in [3.05, 3.63) is 0 Å². The summed E-state index contributed by atoms with van der Waals surface area (Å²) in [5.74, 6) is 4.35. The minimum absolute atomic E-state index is 0. The van der Waals surface area contributed by atoms with Crippen LogP contribution in [-0.2, 0) is 2.84 Å². The summed E-state index contributed by atoms with van der Waals surface area (Å²) in [6, 6.07) is 0. The number of rotatable bonds is 1. The second kappa shape index (κ2) is 23.0. The third-order valence-electron chi connectivity index (χ3n) is 0.471. The van der Waals surface area contributed by atoms with Crippen molar-refractivity contribution in [1.82, 2.24) is 0 Å². The van der Waals surface area contributed by atoms with Gasteiger partial charge in [0.05, 0.1) is 0 Å². The molecule has 0 saturated carbocycles. The van der Waals surface area contributed by atoms with Gasteiger partial charge in [0.15, 0.2) is 0 Å². The standard InChI is InChI=1S/4CH4.2CH3.2Al.O.2H/h4*1H4;2*1H3;;;;;. The maximum atomic E-state index is 5.03. The Labute approximate surface area is 75.3 Å². The van der Waals surface area contributed by atoms with Crippen LogP contribution in [0, 0.1) is 0 Å². The van der Waals surface area contributed by atoms with E-state index in [4.69, 9.17) is 2.84 Å². The van der Waals surface area contributed by atoms with E-state index in [-0.39, 0.29) is 29.7 Å². The average molecular weight is 166 g/mol. The molecule has 0 saturated heterocycles. The van der Waals surface area contributed by atoms with E-state index >= 15 is 0 Å². The molecule has 0 unspecified atom stereocenters. The first kappa shape index (κ1) is 32.3. The van der Waals surface area contributed by atoms with Gasteiger partial charge in [-0.15, -0.1) is 0 Å². The first-order valence-electron chi connectivity index (χ1n) is 1.80. The molecule has 0 spiro atoms. The van der Waals surface area contributed by atoms with Crippen molar-refractivity contribution in [1.29, 1.82) is 0 Å². The molecule has 0 amide bonds. The molecule has 1 nitrogen and oxygen atoms in total. The largest absolute Gasteiger partial charge is 0.642 e. The molecule has 9 heavy (non-hydrogen) atoms. The molecule has 0 radical (unpaired) electrons. The summed E-state index contributed by atoms with van der Waals surface area (Å²) in [4.78, 5) is 0. The Hall–Kier alpha value is 1.02. The zero-order valence-corrected chi connectivity index (χ0v) is 7.14. The quantitative estimate of drug-likeness (QED) is 0.543. The van der Waals surface area contributed by atoms with Gasteiger partial charge < -0.3 is 2.84 Å². The molecule has 0 fully saturated rings. The van der Waals surface area contributed by atoms with Crippen LogP contribution in [0.3, 0.4) is 0 Å². The highest BCUT2D eigenvalue weighted by atomic mass is 27.2. The lowest BCUT2D eigenvalue weighted by atomic mass is 11.9. The zero-order valence-electron chi connectivity index (χ0n) is 3.99. The maximum Gasteiger partial charge on any atom is 0.423 e. The van der Waals surface area contributed by atoms with Gasteiger partial charge in [-0.05, 0) is 0 Å². The lowest BCUT2D eigenvalue weighted by Crippen LogP contribution is -2.02. The molecule has 0 aromatic rings. The normalized spacial score (nSPS) is 4.22. The molecular weight excluding hydrogens is 142 g/mol. The molecule has 0 aliphatic rings. The summed E-state index contributed by atoms with van der Waals surface area (Å²) < 4.78 is 5.03. The fraction of sp³-hybridized carbons (Fsp3) is 1.00. The van der Waals surface area contributed by atoms with Crippen LogP contribution in [0.25, 0.3) is 0 Å². The molecule has 0 aliphatic heterocycles. The fourth-order valence-electron chi connectivity index (χ4n) is 0. The van der Waals surface area contributed by atoms with Crippen LogP contribution in [0.4, 0.5) is 0 Å². The molecular formula is C6H24Al2O. The van der Waals surface area contributed by atoms with Gasteiger partial charge in [0, 0.05) is 0 Å². The Balaban J connectivity index is -0.0000000133. The molecule has 0 N–H and O–H groups in total. The van der Waals surface area contributed by atoms with Crippen molar-refractivity contribution in [3.63, 3.8) is 0 Å². The predicted molar refractivity (Wildman–Crippen MR) is 54.0 cm³/mol. The third kappa shape index (κ3) is 48.7. The van der Waals surface area contributed by atoms with Crippen LogP contribution in [0.5, 0.6) is 0 Å². The summed E-state index contributed by atoms with van der Waals surface area (Å²) in [5.41, 5.74) is 0. The highest BCUT2D eigenvalue weighted by Crippen LogP contribution is 1.72. The van der Waals surface area contributed by atoms with Gasteiger partial charge in [-0.3, -0.25) is 0 Å². The van der Waals surface area contributed by atoms with Crippen LogP contribution < -0.4 is 0 Å². The van der Waals surface area contributed by atoms with E-state index in [1.165, 1.54) is 0 Å². The van der Waals surface area contributed by atoms with Crippen molar-refractivity contribution >= 4 is 31.1 Å². The summed E-state index contributed by atoms with van der Waals surface area (Å²) in [6.07, 6.45) is 0. The maximum absolute atomic E-state index is 5.03. The van der Waals surface area contributed by atoms with Crippen molar-refractivity contribution < 1.29 is 2.84 Å². The van der Waals surface area contributed by atoms with Gasteiger partial charge in [-0.25, -0.2) is 0 Å². The molecule has 0 aromatic heterocycles. The SMILES string of the molecule is C.C.C.C.[CH3][Al]([CH3])[O][AlH2]. The Morgan fingerprint density at radius 3 is 1.11 bits per heavy atom. The minimum Gasteiger partial charge on any atom is -0.642 e. The highest BCUT2D eigenvalue weighted by molar-refractivity contribution is 6.52. The smallest absolute Gasteiger partial charge is 0.423 e. The van der Waals surface area contributed by atoms with Crippen LogP contribution in [0.1, 0.15) is 29.7 Å². The molecule has 0 atom stereocenters. The van der Waals surface area contributed by atoms with E-state index in [1.807, 2.05) is 0 Å². The van der Waals surface area contributed by atoms with E-state index in [1.54, 1.807) is 0 Å². The monoisotopic (exact) mass is 166 g/mol. The summed E-state index contributed by atoms with van der Waals surface area (Å²) in [6.45, 7) is 0. The zero-order chi connectivity index (χ0) is 4.28. The fourth-order valence-corrected chi connectivity index (χ4v) is 0. The Bertz CT molecular complexity index is 25.0. The Morgan fingerprint density at radius 1 is 1.00 bits per heavy atom. The van der Waals surface area contributed by atoms with Crippen molar-refractivity contribution in [2.75, 3.05) is 0 Å². The summed E-state index contributed by atoms with van der Waals surface area (Å²) >= 11 is 0.347. The van der Waals surface area contributed by atoms with Crippen molar-refractivity contribution in [2.45, 2.75) is 41.3 Å². The second-order valence-electron chi connectivity index (χ2n) is 1.28. The van der Waals surface area contributed by atoms with Gasteiger partial charge in [-0.2, -0.15) is 0 Å². The van der Waals surface area contributed by atoms with Crippen LogP contribution in [-0.4, -0.2) is 31.1 Å². The first-order valence-corrected chi connectivity index (χ1v) is 5.40. The van der Waals surface area contributed by atoms with Gasteiger partial charge in [0.1, 0.15) is 0 Å². The number of hydrogen-bond donors (Lipinski definition) is 0. The minimum atomic E-state index is -0.588. The van der Waals surface area contributed by atoms with Crippen LogP contribution in [0.15, 0.2) is 0 Å². The molecule has 0 aromatic carbocycles. The predicted octanol–water partition coefficient (Wildman–Crippen LogP) is 2.35. The van der Waals surface area contributed by atoms with E-state index in [0.29, 0.717) is 0 Å². The molecule has 0 aliphatic carbocycles. The summed E-state index contributed by atoms with van der Waals surface area (Å²) in [5, 5.41) is 0. The van der Waals surface area contributed by atoms with E-state index in [0.717, 1.165) is 16.6 Å². The average Bonchev–Trinajstić information content (AvgIpc) is 1.38. The van der Waals surface area contributed by atoms with Crippen molar-refractivity contribution in [2.24, 2.45) is 0 Å². The van der Waals surface area contributed by atoms with E-state index < -0.39 is 14.5 Å². The van der Waals surface area contributed by atoms with Crippen LogP contribution >= 0.6 is 0 Å². The Kier molecular flexibility index (Phi) is 82.7. The molecule has 3 heteroatoms. The molecule has 0 rings (SSSR count).